The van der Waals surface area contributed by atoms with Crippen molar-refractivity contribution in [3.05, 3.63) is 59.7 Å². The minimum absolute atomic E-state index is 0.0557. The fourth-order valence-electron chi connectivity index (χ4n) is 3.22. The van der Waals surface area contributed by atoms with Crippen molar-refractivity contribution in [3.8, 4) is 11.5 Å². The number of hydrogen-bond donors (Lipinski definition) is 1. The van der Waals surface area contributed by atoms with E-state index in [-0.39, 0.29) is 17.9 Å². The summed E-state index contributed by atoms with van der Waals surface area (Å²) in [6.45, 7) is 14.0. The van der Waals surface area contributed by atoms with E-state index in [1.54, 1.807) is 77.9 Å². The third-order valence-corrected chi connectivity index (χ3v) is 7.31. The average Bonchev–Trinajstić information content (AvgIpc) is 2.94. The highest BCUT2D eigenvalue weighted by Crippen LogP contribution is 2.34. The van der Waals surface area contributed by atoms with Crippen molar-refractivity contribution in [1.82, 2.24) is 0 Å². The first kappa shape index (κ1) is 33.5. The van der Waals surface area contributed by atoms with Gasteiger partial charge in [0.25, 0.3) is 0 Å². The van der Waals surface area contributed by atoms with Crippen molar-refractivity contribution in [2.24, 2.45) is 16.6 Å². The minimum atomic E-state index is -1.06. The topological polar surface area (TPSA) is 131 Å². The molecule has 0 aliphatic carbocycles. The Morgan fingerprint density at radius 2 is 1.27 bits per heavy atom. The Balaban J connectivity index is 2.15. The van der Waals surface area contributed by atoms with Crippen molar-refractivity contribution in [2.75, 3.05) is 0 Å². The first-order valence-electron chi connectivity index (χ1n) is 13.9. The molecule has 3 atom stereocenters. The zero-order valence-electron chi connectivity index (χ0n) is 25.3. The highest BCUT2D eigenvalue weighted by Gasteiger charge is 2.32. The average molecular weight is 570 g/mol. The molecule has 9 nitrogen and oxygen atoms in total. The van der Waals surface area contributed by atoms with Gasteiger partial charge in [-0.05, 0) is 90.6 Å². The largest absolute Gasteiger partial charge is 0.458 e. The molecule has 0 bridgehead atoms. The Hall–Kier alpha value is -3.72. The lowest BCUT2D eigenvalue weighted by Gasteiger charge is -2.24. The molecular formula is C32H43NO8. The van der Waals surface area contributed by atoms with E-state index in [1.165, 1.54) is 12.1 Å². The Morgan fingerprint density at radius 3 is 1.80 bits per heavy atom. The highest BCUT2D eigenvalue weighted by atomic mass is 16.6. The van der Waals surface area contributed by atoms with Crippen molar-refractivity contribution >= 4 is 23.9 Å². The number of carbonyl (C=O) groups is 4. The second kappa shape index (κ2) is 14.3. The van der Waals surface area contributed by atoms with E-state index in [0.717, 1.165) is 0 Å². The Bertz CT molecular complexity index is 1220. The number of ether oxygens (including phenoxy) is 4. The maximum atomic E-state index is 12.9. The van der Waals surface area contributed by atoms with E-state index < -0.39 is 53.0 Å². The van der Waals surface area contributed by atoms with Crippen molar-refractivity contribution in [3.63, 3.8) is 0 Å². The maximum absolute atomic E-state index is 12.9. The molecule has 0 fully saturated rings. The summed E-state index contributed by atoms with van der Waals surface area (Å²) in [6.07, 6.45) is -0.315. The lowest BCUT2D eigenvalue weighted by Crippen LogP contribution is -2.39. The first-order valence-corrected chi connectivity index (χ1v) is 13.9. The van der Waals surface area contributed by atoms with Gasteiger partial charge in [0.2, 0.25) is 0 Å². The third-order valence-electron chi connectivity index (χ3n) is 7.31. The number of benzene rings is 2. The van der Waals surface area contributed by atoms with Crippen LogP contribution in [0.3, 0.4) is 0 Å². The lowest BCUT2D eigenvalue weighted by molar-refractivity contribution is -0.155. The van der Waals surface area contributed by atoms with Crippen molar-refractivity contribution < 1.29 is 38.1 Å². The van der Waals surface area contributed by atoms with Crippen LogP contribution < -0.4 is 15.2 Å². The summed E-state index contributed by atoms with van der Waals surface area (Å²) in [5.74, 6) is -2.01. The highest BCUT2D eigenvalue weighted by molar-refractivity contribution is 5.89. The number of esters is 4. The lowest BCUT2D eigenvalue weighted by atomic mass is 9.90. The molecule has 2 aromatic carbocycles. The first-order chi connectivity index (χ1) is 19.1. The van der Waals surface area contributed by atoms with Crippen molar-refractivity contribution in [2.45, 2.75) is 92.9 Å². The number of nitrogens with two attached hydrogens (primary N) is 1. The predicted molar refractivity (Wildman–Crippen MR) is 154 cm³/mol. The van der Waals surface area contributed by atoms with Gasteiger partial charge in [0.1, 0.15) is 18.2 Å². The fourth-order valence-corrected chi connectivity index (χ4v) is 3.22. The summed E-state index contributed by atoms with van der Waals surface area (Å²) in [6, 6.07) is 12.1. The minimum Gasteiger partial charge on any atom is -0.458 e. The van der Waals surface area contributed by atoms with Gasteiger partial charge in [0, 0.05) is 0 Å². The molecule has 0 amide bonds. The molecule has 0 saturated heterocycles. The van der Waals surface area contributed by atoms with Crippen LogP contribution >= 0.6 is 0 Å². The van der Waals surface area contributed by atoms with Gasteiger partial charge in [0.15, 0.2) is 11.5 Å². The van der Waals surface area contributed by atoms with E-state index in [1.807, 2.05) is 13.8 Å². The molecule has 0 radical (unpaired) electrons. The second-order valence-corrected chi connectivity index (χ2v) is 11.5. The molecule has 0 aliphatic heterocycles. The van der Waals surface area contributed by atoms with Gasteiger partial charge in [-0.15, -0.1) is 0 Å². The molecule has 9 heteroatoms. The molecule has 2 aromatic rings. The SMILES string of the molecule is CCC(C)(C)C(=O)Oc1ccc(C[C@H](N)C(=O)O[C@@H](C)[C@H](C)OC(=O)c2ccccc2)cc1OC(=O)C(C)(C)CC. The van der Waals surface area contributed by atoms with Crippen LogP contribution in [0.25, 0.3) is 0 Å². The molecule has 0 aromatic heterocycles. The van der Waals surface area contributed by atoms with E-state index in [4.69, 9.17) is 24.7 Å². The normalized spacial score (nSPS) is 13.9. The smallest absolute Gasteiger partial charge is 0.338 e. The Kier molecular flexibility index (Phi) is 11.6. The molecule has 0 spiro atoms. The van der Waals surface area contributed by atoms with E-state index in [9.17, 15) is 19.2 Å². The standard InChI is InChI=1S/C32H43NO8/c1-9-31(5,6)29(36)40-25-17-16-22(19-26(25)41-30(37)32(7,8)10-2)18-24(33)28(35)39-21(4)20(3)38-27(34)23-14-12-11-13-15-23/h11-17,19-21,24H,9-10,18,33H2,1-8H3/t20-,21-,24-/m0/s1. The summed E-state index contributed by atoms with van der Waals surface area (Å²) < 4.78 is 22.2. The zero-order chi connectivity index (χ0) is 31.0. The van der Waals surface area contributed by atoms with Crippen LogP contribution in [0.5, 0.6) is 11.5 Å². The molecule has 2 N–H and O–H groups in total. The van der Waals surface area contributed by atoms with Gasteiger partial charge in [0.05, 0.1) is 16.4 Å². The summed E-state index contributed by atoms with van der Waals surface area (Å²) in [5.41, 5.74) is 5.60. The van der Waals surface area contributed by atoms with Crippen LogP contribution in [0, 0.1) is 10.8 Å². The van der Waals surface area contributed by atoms with Gasteiger partial charge in [-0.1, -0.05) is 38.1 Å². The molecule has 0 saturated carbocycles. The number of carbonyl (C=O) groups excluding carboxylic acids is 4. The monoisotopic (exact) mass is 569 g/mol. The van der Waals surface area contributed by atoms with Crippen LogP contribution in [0.15, 0.2) is 48.5 Å². The predicted octanol–water partition coefficient (Wildman–Crippen LogP) is 5.42. The van der Waals surface area contributed by atoms with Gasteiger partial charge < -0.3 is 24.7 Å². The van der Waals surface area contributed by atoms with Crippen LogP contribution in [0.4, 0.5) is 0 Å². The molecule has 224 valence electrons. The molecule has 0 aliphatic rings. The Labute approximate surface area is 242 Å². The second-order valence-electron chi connectivity index (χ2n) is 11.5. The summed E-state index contributed by atoms with van der Waals surface area (Å²) in [7, 11) is 0. The molecule has 41 heavy (non-hydrogen) atoms. The molecular weight excluding hydrogens is 526 g/mol. The molecule has 2 rings (SSSR count). The van der Waals surface area contributed by atoms with Gasteiger partial charge in [-0.25, -0.2) is 4.79 Å². The van der Waals surface area contributed by atoms with Crippen LogP contribution in [-0.2, 0) is 30.3 Å². The maximum Gasteiger partial charge on any atom is 0.338 e. The molecule has 0 heterocycles. The number of hydrogen-bond acceptors (Lipinski definition) is 9. The van der Waals surface area contributed by atoms with Crippen LogP contribution in [0.1, 0.15) is 84.2 Å². The van der Waals surface area contributed by atoms with Crippen molar-refractivity contribution in [1.29, 1.82) is 0 Å². The van der Waals surface area contributed by atoms with Crippen LogP contribution in [-0.4, -0.2) is 42.1 Å². The van der Waals surface area contributed by atoms with E-state index in [2.05, 4.69) is 0 Å². The van der Waals surface area contributed by atoms with E-state index in [0.29, 0.717) is 24.0 Å². The van der Waals surface area contributed by atoms with Gasteiger partial charge in [-0.3, -0.25) is 14.4 Å². The summed E-state index contributed by atoms with van der Waals surface area (Å²) in [5, 5.41) is 0. The number of rotatable bonds is 13. The van der Waals surface area contributed by atoms with Crippen LogP contribution in [0.2, 0.25) is 0 Å². The fraction of sp³-hybridized carbons (Fsp3) is 0.500. The van der Waals surface area contributed by atoms with Gasteiger partial charge in [-0.2, -0.15) is 0 Å². The zero-order valence-corrected chi connectivity index (χ0v) is 25.3. The molecule has 0 unspecified atom stereocenters. The van der Waals surface area contributed by atoms with E-state index >= 15 is 0 Å². The summed E-state index contributed by atoms with van der Waals surface area (Å²) in [4.78, 5) is 50.7. The third kappa shape index (κ3) is 9.42. The quantitative estimate of drug-likeness (QED) is 0.248. The van der Waals surface area contributed by atoms with Gasteiger partial charge >= 0.3 is 23.9 Å². The summed E-state index contributed by atoms with van der Waals surface area (Å²) >= 11 is 0. The Morgan fingerprint density at radius 1 is 0.756 bits per heavy atom.